The van der Waals surface area contributed by atoms with E-state index >= 15 is 0 Å². The fourth-order valence-corrected chi connectivity index (χ4v) is 2.02. The van der Waals surface area contributed by atoms with Crippen molar-refractivity contribution < 1.29 is 9.53 Å². The van der Waals surface area contributed by atoms with Crippen LogP contribution in [0.3, 0.4) is 0 Å². The molecule has 0 amide bonds. The zero-order valence-electron chi connectivity index (χ0n) is 12.2. The van der Waals surface area contributed by atoms with Crippen LogP contribution in [0.4, 0.5) is 11.5 Å². The van der Waals surface area contributed by atoms with Gasteiger partial charge in [-0.05, 0) is 17.7 Å². The monoisotopic (exact) mass is 304 g/mol. The van der Waals surface area contributed by atoms with Crippen molar-refractivity contribution in [3.05, 3.63) is 50.7 Å². The average Bonchev–Trinajstić information content (AvgIpc) is 2.46. The number of benzene rings is 1. The van der Waals surface area contributed by atoms with Crippen LogP contribution >= 0.6 is 0 Å². The maximum absolute atomic E-state index is 12.2. The molecule has 0 unspecified atom stereocenters. The molecule has 2 aromatic rings. The first kappa shape index (κ1) is 15.4. The topological polar surface area (TPSA) is 122 Å². The van der Waals surface area contributed by atoms with E-state index < -0.39 is 17.2 Å². The SMILES string of the molecule is CC(=O)Oc1c(N)n(Cc2cccc(N)c2)c(=O)n(C)c1=O. The van der Waals surface area contributed by atoms with E-state index in [1.54, 1.807) is 24.3 Å². The smallest absolute Gasteiger partial charge is 0.332 e. The van der Waals surface area contributed by atoms with Gasteiger partial charge in [-0.2, -0.15) is 0 Å². The van der Waals surface area contributed by atoms with Crippen LogP contribution in [0.1, 0.15) is 12.5 Å². The Hall–Kier alpha value is -3.03. The Bertz CT molecular complexity index is 851. The van der Waals surface area contributed by atoms with E-state index in [1.165, 1.54) is 7.05 Å². The van der Waals surface area contributed by atoms with Gasteiger partial charge >= 0.3 is 17.2 Å². The second kappa shape index (κ2) is 5.76. The minimum Gasteiger partial charge on any atom is -0.417 e. The fourth-order valence-electron chi connectivity index (χ4n) is 2.02. The fraction of sp³-hybridized carbons (Fsp3) is 0.214. The van der Waals surface area contributed by atoms with Crippen molar-refractivity contribution in [3.63, 3.8) is 0 Å². The van der Waals surface area contributed by atoms with Crippen molar-refractivity contribution in [3.8, 4) is 5.75 Å². The van der Waals surface area contributed by atoms with Crippen LogP contribution in [-0.4, -0.2) is 15.1 Å². The second-order valence-corrected chi connectivity index (χ2v) is 4.79. The third-order valence-corrected chi connectivity index (χ3v) is 3.08. The Kier molecular flexibility index (Phi) is 4.02. The Labute approximate surface area is 125 Å². The molecule has 1 heterocycles. The van der Waals surface area contributed by atoms with E-state index in [2.05, 4.69) is 0 Å². The number of nitrogens with zero attached hydrogens (tertiary/aromatic N) is 2. The van der Waals surface area contributed by atoms with Gasteiger partial charge in [0.15, 0.2) is 5.82 Å². The van der Waals surface area contributed by atoms with Crippen LogP contribution in [0.25, 0.3) is 0 Å². The number of hydrogen-bond acceptors (Lipinski definition) is 6. The van der Waals surface area contributed by atoms with Crippen molar-refractivity contribution in [1.82, 2.24) is 9.13 Å². The third kappa shape index (κ3) is 2.85. The summed E-state index contributed by atoms with van der Waals surface area (Å²) in [5.74, 6) is -1.26. The summed E-state index contributed by atoms with van der Waals surface area (Å²) in [7, 11) is 1.28. The van der Waals surface area contributed by atoms with Gasteiger partial charge in [0, 0.05) is 19.7 Å². The molecule has 8 nitrogen and oxygen atoms in total. The van der Waals surface area contributed by atoms with Gasteiger partial charge < -0.3 is 16.2 Å². The molecule has 22 heavy (non-hydrogen) atoms. The van der Waals surface area contributed by atoms with E-state index in [0.717, 1.165) is 21.6 Å². The quantitative estimate of drug-likeness (QED) is 0.592. The lowest BCUT2D eigenvalue weighted by atomic mass is 10.2. The molecule has 0 aliphatic heterocycles. The third-order valence-electron chi connectivity index (χ3n) is 3.08. The normalized spacial score (nSPS) is 10.5. The first-order valence-corrected chi connectivity index (χ1v) is 6.43. The highest BCUT2D eigenvalue weighted by Crippen LogP contribution is 2.16. The highest BCUT2D eigenvalue weighted by atomic mass is 16.5. The number of carbonyl (C=O) groups is 1. The van der Waals surface area contributed by atoms with Gasteiger partial charge in [0.2, 0.25) is 5.75 Å². The molecule has 0 fully saturated rings. The number of aromatic nitrogens is 2. The number of rotatable bonds is 3. The lowest BCUT2D eigenvalue weighted by Gasteiger charge is -2.14. The number of nitrogen functional groups attached to an aromatic ring is 2. The van der Waals surface area contributed by atoms with E-state index in [4.69, 9.17) is 16.2 Å². The van der Waals surface area contributed by atoms with Gasteiger partial charge in [0.05, 0.1) is 6.54 Å². The average molecular weight is 304 g/mol. The molecular formula is C14H16N4O4. The Balaban J connectivity index is 2.60. The van der Waals surface area contributed by atoms with Crippen LogP contribution < -0.4 is 27.5 Å². The van der Waals surface area contributed by atoms with Gasteiger partial charge in [0.25, 0.3) is 0 Å². The number of ether oxygens (including phenoxy) is 1. The molecule has 0 saturated heterocycles. The molecule has 4 N–H and O–H groups in total. The lowest BCUT2D eigenvalue weighted by Crippen LogP contribution is -2.40. The van der Waals surface area contributed by atoms with Crippen LogP contribution in [0.5, 0.6) is 5.75 Å². The van der Waals surface area contributed by atoms with Gasteiger partial charge in [-0.25, -0.2) is 4.79 Å². The van der Waals surface area contributed by atoms with Crippen LogP contribution in [-0.2, 0) is 18.4 Å². The highest BCUT2D eigenvalue weighted by molar-refractivity contribution is 5.71. The summed E-state index contributed by atoms with van der Waals surface area (Å²) < 4.78 is 6.81. The molecular weight excluding hydrogens is 288 g/mol. The summed E-state index contributed by atoms with van der Waals surface area (Å²) in [6, 6.07) is 6.89. The number of nitrogens with two attached hydrogens (primary N) is 2. The summed E-state index contributed by atoms with van der Waals surface area (Å²) >= 11 is 0. The second-order valence-electron chi connectivity index (χ2n) is 4.79. The number of esters is 1. The molecule has 2 rings (SSSR count). The van der Waals surface area contributed by atoms with Crippen LogP contribution in [0.2, 0.25) is 0 Å². The largest absolute Gasteiger partial charge is 0.417 e. The molecule has 0 bridgehead atoms. The molecule has 0 atom stereocenters. The molecule has 0 aliphatic carbocycles. The Morgan fingerprint density at radius 1 is 1.27 bits per heavy atom. The van der Waals surface area contributed by atoms with Gasteiger partial charge in [-0.3, -0.25) is 18.7 Å². The van der Waals surface area contributed by atoms with Crippen molar-refractivity contribution in [2.24, 2.45) is 7.05 Å². The molecule has 1 aromatic heterocycles. The van der Waals surface area contributed by atoms with Gasteiger partial charge in [-0.15, -0.1) is 0 Å². The zero-order chi connectivity index (χ0) is 16.4. The van der Waals surface area contributed by atoms with E-state index in [0.29, 0.717) is 5.69 Å². The first-order valence-electron chi connectivity index (χ1n) is 6.43. The van der Waals surface area contributed by atoms with E-state index in [9.17, 15) is 14.4 Å². The predicted octanol–water partition coefficient (Wildman–Crippen LogP) is -0.315. The summed E-state index contributed by atoms with van der Waals surface area (Å²) in [4.78, 5) is 35.3. The summed E-state index contributed by atoms with van der Waals surface area (Å²) in [6.45, 7) is 1.24. The molecule has 8 heteroatoms. The number of carbonyl (C=O) groups excluding carboxylic acids is 1. The summed E-state index contributed by atoms with van der Waals surface area (Å²) in [6.07, 6.45) is 0. The Morgan fingerprint density at radius 2 is 1.95 bits per heavy atom. The molecule has 0 aliphatic rings. The van der Waals surface area contributed by atoms with E-state index in [-0.39, 0.29) is 18.1 Å². The van der Waals surface area contributed by atoms with Crippen LogP contribution in [0.15, 0.2) is 33.9 Å². The Morgan fingerprint density at radius 3 is 2.55 bits per heavy atom. The van der Waals surface area contributed by atoms with Gasteiger partial charge in [0.1, 0.15) is 0 Å². The summed E-state index contributed by atoms with van der Waals surface area (Å²) in [5, 5.41) is 0. The molecule has 0 radical (unpaired) electrons. The maximum Gasteiger partial charge on any atom is 0.332 e. The van der Waals surface area contributed by atoms with Crippen molar-refractivity contribution >= 4 is 17.5 Å². The molecule has 0 saturated carbocycles. The van der Waals surface area contributed by atoms with E-state index in [1.807, 2.05) is 0 Å². The maximum atomic E-state index is 12.2. The first-order chi connectivity index (χ1) is 10.3. The minimum absolute atomic E-state index is 0.0953. The number of hydrogen-bond donors (Lipinski definition) is 2. The van der Waals surface area contributed by atoms with Crippen LogP contribution in [0, 0.1) is 0 Å². The lowest BCUT2D eigenvalue weighted by molar-refractivity contribution is -0.131. The minimum atomic E-state index is -0.762. The summed E-state index contributed by atoms with van der Waals surface area (Å²) in [5.41, 5.74) is 11.4. The van der Waals surface area contributed by atoms with Crippen molar-refractivity contribution in [2.45, 2.75) is 13.5 Å². The van der Waals surface area contributed by atoms with Gasteiger partial charge in [-0.1, -0.05) is 12.1 Å². The van der Waals surface area contributed by atoms with Crippen molar-refractivity contribution in [2.75, 3.05) is 11.5 Å². The molecule has 1 aromatic carbocycles. The zero-order valence-corrected chi connectivity index (χ0v) is 12.2. The number of anilines is 2. The predicted molar refractivity (Wildman–Crippen MR) is 81.6 cm³/mol. The standard InChI is InChI=1S/C14H16N4O4/c1-8(19)22-11-12(16)18(14(21)17(2)13(11)20)7-9-4-3-5-10(15)6-9/h3-6H,7,15-16H2,1-2H3. The van der Waals surface area contributed by atoms with Crippen molar-refractivity contribution in [1.29, 1.82) is 0 Å². The highest BCUT2D eigenvalue weighted by Gasteiger charge is 2.18. The molecule has 0 spiro atoms. The molecule has 116 valence electrons.